The molecule has 188 valence electrons. The quantitative estimate of drug-likeness (QED) is 0.394. The van der Waals surface area contributed by atoms with Crippen molar-refractivity contribution in [2.45, 2.75) is 50.2 Å². The molecule has 0 amide bonds. The number of aliphatic hydroxyl groups is 3. The highest BCUT2D eigenvalue weighted by molar-refractivity contribution is 6.03. The van der Waals surface area contributed by atoms with E-state index in [-0.39, 0.29) is 11.3 Å². The van der Waals surface area contributed by atoms with E-state index in [0.717, 1.165) is 0 Å². The molecule has 0 bridgehead atoms. The molecular formula is C26H24O10. The van der Waals surface area contributed by atoms with Crippen molar-refractivity contribution in [2.24, 2.45) is 0 Å². The zero-order chi connectivity index (χ0) is 25.8. The highest BCUT2D eigenvalue weighted by Gasteiger charge is 2.48. The lowest BCUT2D eigenvalue weighted by Crippen LogP contribution is -2.61. The molecule has 36 heavy (non-hydrogen) atoms. The van der Waals surface area contributed by atoms with Crippen LogP contribution in [0.5, 0.6) is 11.5 Å². The van der Waals surface area contributed by atoms with Gasteiger partial charge in [-0.25, -0.2) is 9.59 Å². The molecular weight excluding hydrogens is 472 g/mol. The van der Waals surface area contributed by atoms with Gasteiger partial charge in [-0.05, 0) is 31.6 Å². The third kappa shape index (κ3) is 4.14. The van der Waals surface area contributed by atoms with Crippen molar-refractivity contribution in [2.75, 3.05) is 0 Å². The largest absolute Gasteiger partial charge is 0.483 e. The highest BCUT2D eigenvalue weighted by Crippen LogP contribution is 2.44. The van der Waals surface area contributed by atoms with Crippen molar-refractivity contribution in [1.82, 2.24) is 0 Å². The van der Waals surface area contributed by atoms with E-state index in [0.29, 0.717) is 27.8 Å². The van der Waals surface area contributed by atoms with E-state index in [4.69, 9.17) is 18.6 Å². The van der Waals surface area contributed by atoms with Gasteiger partial charge in [-0.15, -0.1) is 0 Å². The van der Waals surface area contributed by atoms with Gasteiger partial charge in [-0.3, -0.25) is 0 Å². The molecule has 3 heterocycles. The van der Waals surface area contributed by atoms with Gasteiger partial charge in [-0.2, -0.15) is 0 Å². The number of aliphatic carboxylic acids is 1. The molecule has 1 saturated heterocycles. The second kappa shape index (κ2) is 8.75. The molecule has 2 aliphatic heterocycles. The average Bonchev–Trinajstić information content (AvgIpc) is 2.83. The molecule has 1 aromatic heterocycles. The Morgan fingerprint density at radius 3 is 2.44 bits per heavy atom. The number of carboxylic acids is 1. The van der Waals surface area contributed by atoms with Gasteiger partial charge in [-0.1, -0.05) is 30.3 Å². The Morgan fingerprint density at radius 1 is 1.03 bits per heavy atom. The van der Waals surface area contributed by atoms with Crippen LogP contribution in [0.25, 0.3) is 28.2 Å². The predicted octanol–water partition coefficient (Wildman–Crippen LogP) is 1.92. The molecule has 3 aromatic rings. The number of ether oxygens (including phenoxy) is 3. The van der Waals surface area contributed by atoms with E-state index in [1.54, 1.807) is 30.3 Å². The first kappa shape index (κ1) is 24.0. The van der Waals surface area contributed by atoms with Crippen LogP contribution in [-0.2, 0) is 9.53 Å². The Bertz CT molecular complexity index is 1410. The highest BCUT2D eigenvalue weighted by atomic mass is 16.7. The monoisotopic (exact) mass is 496 g/mol. The molecule has 1 fully saturated rings. The minimum Gasteiger partial charge on any atom is -0.483 e. The maximum Gasteiger partial charge on any atom is 0.336 e. The Balaban J connectivity index is 1.72. The number of hydrogen-bond acceptors (Lipinski definition) is 9. The summed E-state index contributed by atoms with van der Waals surface area (Å²) in [6.45, 7) is 3.66. The van der Waals surface area contributed by atoms with Crippen LogP contribution in [0.1, 0.15) is 19.4 Å². The summed E-state index contributed by atoms with van der Waals surface area (Å²) in [5.74, 6) is -1.17. The number of carbonyl (C=O) groups is 1. The summed E-state index contributed by atoms with van der Waals surface area (Å²) in [5.41, 5.74) is 0.475. The fourth-order valence-electron chi connectivity index (χ4n) is 4.37. The van der Waals surface area contributed by atoms with Gasteiger partial charge in [0.05, 0.1) is 10.9 Å². The molecule has 0 aliphatic carbocycles. The third-order valence-electron chi connectivity index (χ3n) is 6.15. The summed E-state index contributed by atoms with van der Waals surface area (Å²) in [4.78, 5) is 24.1. The van der Waals surface area contributed by atoms with E-state index in [9.17, 15) is 30.0 Å². The summed E-state index contributed by atoms with van der Waals surface area (Å²) < 4.78 is 22.9. The first-order valence-corrected chi connectivity index (χ1v) is 11.2. The standard InChI is InChI=1S/C26H24O10/c1-26(2)9-8-13-15(36-26)11-16(33-25-21(30)19(28)20(29)23(35-25)24(31)32)18-14(10-17(27)34-22(13)18)12-6-4-3-5-7-12/h3-11,19-21,23,25,28-30H,1-2H3,(H,31,32). The SMILES string of the molecule is CC1(C)C=Cc2c(cc(OC3OC(C(=O)O)C(O)C(O)C3O)c3c(-c4ccccc4)cc(=O)oc23)O1. The van der Waals surface area contributed by atoms with Crippen molar-refractivity contribution in [3.8, 4) is 22.6 Å². The minimum absolute atomic E-state index is 0.0502. The second-order valence-electron chi connectivity index (χ2n) is 9.23. The van der Waals surface area contributed by atoms with Gasteiger partial charge >= 0.3 is 11.6 Å². The Kier molecular flexibility index (Phi) is 5.84. The zero-order valence-electron chi connectivity index (χ0n) is 19.3. The summed E-state index contributed by atoms with van der Waals surface area (Å²) >= 11 is 0. The summed E-state index contributed by atoms with van der Waals surface area (Å²) in [7, 11) is 0. The second-order valence-corrected chi connectivity index (χ2v) is 9.23. The maximum atomic E-state index is 12.6. The van der Waals surface area contributed by atoms with Crippen molar-refractivity contribution < 1.29 is 43.8 Å². The van der Waals surface area contributed by atoms with E-state index >= 15 is 0 Å². The molecule has 2 aromatic carbocycles. The molecule has 0 radical (unpaired) electrons. The average molecular weight is 496 g/mol. The Labute approximate surface area is 204 Å². The topological polar surface area (TPSA) is 156 Å². The predicted molar refractivity (Wildman–Crippen MR) is 127 cm³/mol. The molecule has 0 spiro atoms. The van der Waals surface area contributed by atoms with Crippen LogP contribution in [0.15, 0.2) is 57.8 Å². The smallest absolute Gasteiger partial charge is 0.336 e. The first-order chi connectivity index (χ1) is 17.1. The number of hydrogen-bond donors (Lipinski definition) is 4. The fourth-order valence-corrected chi connectivity index (χ4v) is 4.37. The molecule has 5 rings (SSSR count). The normalized spacial score (nSPS) is 26.8. The molecule has 5 atom stereocenters. The number of rotatable bonds is 4. The lowest BCUT2D eigenvalue weighted by atomic mass is 9.95. The fraction of sp³-hybridized carbons (Fsp3) is 0.308. The van der Waals surface area contributed by atoms with Crippen molar-refractivity contribution in [3.05, 3.63) is 64.5 Å². The number of aliphatic hydroxyl groups excluding tert-OH is 3. The van der Waals surface area contributed by atoms with Crippen LogP contribution >= 0.6 is 0 Å². The number of fused-ring (bicyclic) bond motifs is 3. The summed E-state index contributed by atoms with van der Waals surface area (Å²) in [6, 6.07) is 11.8. The number of benzene rings is 2. The minimum atomic E-state index is -1.87. The van der Waals surface area contributed by atoms with Gasteiger partial charge in [0.15, 0.2) is 11.7 Å². The van der Waals surface area contributed by atoms with E-state index in [1.165, 1.54) is 12.1 Å². The summed E-state index contributed by atoms with van der Waals surface area (Å²) in [5, 5.41) is 40.5. The van der Waals surface area contributed by atoms with E-state index in [1.807, 2.05) is 26.0 Å². The van der Waals surface area contributed by atoms with Crippen LogP contribution < -0.4 is 15.1 Å². The van der Waals surface area contributed by atoms with Crippen molar-refractivity contribution in [1.29, 1.82) is 0 Å². The van der Waals surface area contributed by atoms with Gasteiger partial charge in [0.2, 0.25) is 6.29 Å². The van der Waals surface area contributed by atoms with Crippen molar-refractivity contribution in [3.63, 3.8) is 0 Å². The van der Waals surface area contributed by atoms with E-state index < -0.39 is 47.9 Å². The molecule has 4 N–H and O–H groups in total. The van der Waals surface area contributed by atoms with Gasteiger partial charge < -0.3 is 39.1 Å². The molecule has 5 unspecified atom stereocenters. The third-order valence-corrected chi connectivity index (χ3v) is 6.15. The summed E-state index contributed by atoms with van der Waals surface area (Å²) in [6.07, 6.45) is -5.43. The molecule has 10 heteroatoms. The van der Waals surface area contributed by atoms with Crippen LogP contribution in [0, 0.1) is 0 Å². The van der Waals surface area contributed by atoms with Gasteiger partial charge in [0, 0.05) is 17.7 Å². The van der Waals surface area contributed by atoms with Gasteiger partial charge in [0.1, 0.15) is 35.4 Å². The lowest BCUT2D eigenvalue weighted by molar-refractivity contribution is -0.270. The Morgan fingerprint density at radius 2 is 1.75 bits per heavy atom. The van der Waals surface area contributed by atoms with Crippen LogP contribution in [0.2, 0.25) is 0 Å². The maximum absolute atomic E-state index is 12.6. The lowest BCUT2D eigenvalue weighted by Gasteiger charge is -2.38. The van der Waals surface area contributed by atoms with Crippen LogP contribution in [0.3, 0.4) is 0 Å². The van der Waals surface area contributed by atoms with Crippen LogP contribution in [-0.4, -0.2) is 62.7 Å². The van der Waals surface area contributed by atoms with Gasteiger partial charge in [0.25, 0.3) is 0 Å². The zero-order valence-corrected chi connectivity index (χ0v) is 19.3. The molecule has 0 saturated carbocycles. The number of carboxylic acid groups (broad SMARTS) is 1. The first-order valence-electron chi connectivity index (χ1n) is 11.2. The molecule has 2 aliphatic rings. The Hall–Kier alpha value is -3.70. The molecule has 10 nitrogen and oxygen atoms in total. The van der Waals surface area contributed by atoms with Crippen molar-refractivity contribution >= 4 is 23.0 Å². The van der Waals surface area contributed by atoms with Crippen LogP contribution in [0.4, 0.5) is 0 Å². The van der Waals surface area contributed by atoms with E-state index in [2.05, 4.69) is 0 Å².